The summed E-state index contributed by atoms with van der Waals surface area (Å²) in [6.07, 6.45) is 3.08. The van der Waals surface area contributed by atoms with Crippen molar-refractivity contribution in [3.63, 3.8) is 0 Å². The summed E-state index contributed by atoms with van der Waals surface area (Å²) in [6, 6.07) is 5.48. The highest BCUT2D eigenvalue weighted by atomic mass is 35.5. The summed E-state index contributed by atoms with van der Waals surface area (Å²) in [4.78, 5) is 15.5. The molecule has 5 nitrogen and oxygen atoms in total. The van der Waals surface area contributed by atoms with Crippen molar-refractivity contribution < 1.29 is 9.47 Å². The van der Waals surface area contributed by atoms with Crippen molar-refractivity contribution in [2.45, 2.75) is 6.54 Å². The van der Waals surface area contributed by atoms with E-state index in [0.717, 1.165) is 5.56 Å². The SMILES string of the molecule is COc1ccc(Cn2ccnc(Cl)c2=O)cc1OC. The highest BCUT2D eigenvalue weighted by molar-refractivity contribution is 6.29. The second kappa shape index (κ2) is 5.75. The summed E-state index contributed by atoms with van der Waals surface area (Å²) in [5.41, 5.74) is 0.584. The fourth-order valence-electron chi connectivity index (χ4n) is 1.72. The van der Waals surface area contributed by atoms with Crippen LogP contribution in [-0.4, -0.2) is 23.8 Å². The maximum atomic E-state index is 11.8. The third-order valence-corrected chi connectivity index (χ3v) is 2.93. The van der Waals surface area contributed by atoms with Crippen molar-refractivity contribution in [1.82, 2.24) is 9.55 Å². The topological polar surface area (TPSA) is 53.4 Å². The van der Waals surface area contributed by atoms with Gasteiger partial charge in [-0.3, -0.25) is 4.79 Å². The van der Waals surface area contributed by atoms with E-state index in [1.54, 1.807) is 26.5 Å². The maximum absolute atomic E-state index is 11.8. The molecule has 0 unspecified atom stereocenters. The molecule has 0 aliphatic heterocycles. The fraction of sp³-hybridized carbons (Fsp3) is 0.231. The average molecular weight is 281 g/mol. The van der Waals surface area contributed by atoms with E-state index >= 15 is 0 Å². The number of rotatable bonds is 4. The van der Waals surface area contributed by atoms with E-state index in [0.29, 0.717) is 18.0 Å². The van der Waals surface area contributed by atoms with Gasteiger partial charge in [0.15, 0.2) is 16.7 Å². The van der Waals surface area contributed by atoms with Gasteiger partial charge in [0.25, 0.3) is 5.56 Å². The molecule has 6 heteroatoms. The molecule has 0 spiro atoms. The van der Waals surface area contributed by atoms with Crippen molar-refractivity contribution in [1.29, 1.82) is 0 Å². The smallest absolute Gasteiger partial charge is 0.288 e. The molecule has 0 aliphatic rings. The van der Waals surface area contributed by atoms with E-state index in [2.05, 4.69) is 4.98 Å². The van der Waals surface area contributed by atoms with Crippen molar-refractivity contribution in [3.05, 3.63) is 51.7 Å². The average Bonchev–Trinajstić information content (AvgIpc) is 2.43. The molecular weight excluding hydrogens is 268 g/mol. The first-order valence-electron chi connectivity index (χ1n) is 5.57. The fourth-order valence-corrected chi connectivity index (χ4v) is 1.89. The second-order valence-corrected chi connectivity index (χ2v) is 4.20. The lowest BCUT2D eigenvalue weighted by Gasteiger charge is -2.10. The van der Waals surface area contributed by atoms with Gasteiger partial charge in [-0.2, -0.15) is 0 Å². The molecule has 0 radical (unpaired) electrons. The quantitative estimate of drug-likeness (QED) is 0.859. The Morgan fingerprint density at radius 2 is 2.00 bits per heavy atom. The van der Waals surface area contributed by atoms with Gasteiger partial charge in [0, 0.05) is 12.4 Å². The van der Waals surface area contributed by atoms with Crippen LogP contribution < -0.4 is 15.0 Å². The summed E-state index contributed by atoms with van der Waals surface area (Å²) >= 11 is 5.70. The molecular formula is C13H13ClN2O3. The van der Waals surface area contributed by atoms with Crippen molar-refractivity contribution in [3.8, 4) is 11.5 Å². The summed E-state index contributed by atoms with van der Waals surface area (Å²) in [5, 5.41) is -0.0389. The van der Waals surface area contributed by atoms with E-state index < -0.39 is 0 Å². The number of benzene rings is 1. The maximum Gasteiger partial charge on any atom is 0.288 e. The van der Waals surface area contributed by atoms with Crippen molar-refractivity contribution in [2.24, 2.45) is 0 Å². The Kier molecular flexibility index (Phi) is 4.06. The van der Waals surface area contributed by atoms with E-state index in [9.17, 15) is 4.79 Å². The number of hydrogen-bond donors (Lipinski definition) is 0. The molecule has 1 heterocycles. The van der Waals surface area contributed by atoms with E-state index in [1.165, 1.54) is 10.8 Å². The number of ether oxygens (including phenoxy) is 2. The van der Waals surface area contributed by atoms with Crippen LogP contribution in [0.5, 0.6) is 11.5 Å². The lowest BCUT2D eigenvalue weighted by atomic mass is 10.2. The Morgan fingerprint density at radius 3 is 2.68 bits per heavy atom. The molecule has 1 aromatic heterocycles. The zero-order valence-electron chi connectivity index (χ0n) is 10.6. The van der Waals surface area contributed by atoms with Gasteiger partial charge >= 0.3 is 0 Å². The Balaban J connectivity index is 2.33. The van der Waals surface area contributed by atoms with Crippen LogP contribution in [0.4, 0.5) is 0 Å². The molecule has 1 aromatic carbocycles. The Hall–Kier alpha value is -2.01. The molecule has 19 heavy (non-hydrogen) atoms. The molecule has 2 rings (SSSR count). The molecule has 2 aromatic rings. The van der Waals surface area contributed by atoms with Gasteiger partial charge in [-0.1, -0.05) is 17.7 Å². The minimum Gasteiger partial charge on any atom is -0.493 e. The molecule has 0 fully saturated rings. The molecule has 0 aliphatic carbocycles. The van der Waals surface area contributed by atoms with E-state index in [-0.39, 0.29) is 10.7 Å². The summed E-state index contributed by atoms with van der Waals surface area (Å²) < 4.78 is 11.9. The molecule has 0 N–H and O–H groups in total. The standard InChI is InChI=1S/C13H13ClN2O3/c1-18-10-4-3-9(7-11(10)19-2)8-16-6-5-15-12(14)13(16)17/h3-7H,8H2,1-2H3. The zero-order valence-corrected chi connectivity index (χ0v) is 11.3. The molecule has 0 saturated heterocycles. The van der Waals surface area contributed by atoms with Gasteiger partial charge in [-0.25, -0.2) is 4.98 Å². The highest BCUT2D eigenvalue weighted by Gasteiger charge is 2.07. The molecule has 0 bridgehead atoms. The van der Waals surface area contributed by atoms with Crippen LogP contribution in [0.15, 0.2) is 35.4 Å². The first kappa shape index (κ1) is 13.4. The molecule has 100 valence electrons. The lowest BCUT2D eigenvalue weighted by molar-refractivity contribution is 0.354. The van der Waals surface area contributed by atoms with E-state index in [1.807, 2.05) is 12.1 Å². The normalized spacial score (nSPS) is 10.3. The highest BCUT2D eigenvalue weighted by Crippen LogP contribution is 2.27. The second-order valence-electron chi connectivity index (χ2n) is 3.84. The summed E-state index contributed by atoms with van der Waals surface area (Å²) in [6.45, 7) is 0.390. The van der Waals surface area contributed by atoms with Gasteiger partial charge in [0.05, 0.1) is 20.8 Å². The lowest BCUT2D eigenvalue weighted by Crippen LogP contribution is -2.21. The minimum absolute atomic E-state index is 0.0389. The van der Waals surface area contributed by atoms with Crippen LogP contribution in [0.3, 0.4) is 0 Å². The number of hydrogen-bond acceptors (Lipinski definition) is 4. The van der Waals surface area contributed by atoms with Gasteiger partial charge in [-0.15, -0.1) is 0 Å². The largest absolute Gasteiger partial charge is 0.493 e. The third-order valence-electron chi connectivity index (χ3n) is 2.67. The molecule has 0 amide bonds. The van der Waals surface area contributed by atoms with Crippen LogP contribution >= 0.6 is 11.6 Å². The van der Waals surface area contributed by atoms with E-state index in [4.69, 9.17) is 21.1 Å². The number of halogens is 1. The van der Waals surface area contributed by atoms with Gasteiger partial charge in [0.2, 0.25) is 0 Å². The Labute approximate surface area is 115 Å². The molecule has 0 atom stereocenters. The van der Waals surface area contributed by atoms with Crippen LogP contribution in [0.25, 0.3) is 0 Å². The monoisotopic (exact) mass is 280 g/mol. The number of nitrogens with zero attached hydrogens (tertiary/aromatic N) is 2. The number of aromatic nitrogens is 2. The van der Waals surface area contributed by atoms with Crippen LogP contribution in [-0.2, 0) is 6.54 Å². The third kappa shape index (κ3) is 2.88. The minimum atomic E-state index is -0.320. The number of methoxy groups -OCH3 is 2. The van der Waals surface area contributed by atoms with Gasteiger partial charge < -0.3 is 14.0 Å². The van der Waals surface area contributed by atoms with Crippen LogP contribution in [0.1, 0.15) is 5.56 Å². The first-order chi connectivity index (χ1) is 9.15. The van der Waals surface area contributed by atoms with Crippen molar-refractivity contribution in [2.75, 3.05) is 14.2 Å². The zero-order chi connectivity index (χ0) is 13.8. The Morgan fingerprint density at radius 1 is 1.26 bits per heavy atom. The van der Waals surface area contributed by atoms with Gasteiger partial charge in [-0.05, 0) is 17.7 Å². The predicted octanol–water partition coefficient (Wildman–Crippen LogP) is 1.96. The van der Waals surface area contributed by atoms with Crippen LogP contribution in [0, 0.1) is 0 Å². The van der Waals surface area contributed by atoms with Crippen LogP contribution in [0.2, 0.25) is 5.15 Å². The predicted molar refractivity (Wildman–Crippen MR) is 72.2 cm³/mol. The van der Waals surface area contributed by atoms with Crippen molar-refractivity contribution >= 4 is 11.6 Å². The first-order valence-corrected chi connectivity index (χ1v) is 5.95. The molecule has 0 saturated carbocycles. The Bertz CT molecular complexity index is 640. The summed E-state index contributed by atoms with van der Waals surface area (Å²) in [5.74, 6) is 1.26. The summed E-state index contributed by atoms with van der Waals surface area (Å²) in [7, 11) is 3.14. The van der Waals surface area contributed by atoms with Gasteiger partial charge in [0.1, 0.15) is 0 Å².